The summed E-state index contributed by atoms with van der Waals surface area (Å²) in [5.74, 6) is -0.483. The molecule has 0 bridgehead atoms. The number of piperidine rings is 1. The van der Waals surface area contributed by atoms with Crippen LogP contribution in [0.3, 0.4) is 0 Å². The van der Waals surface area contributed by atoms with Gasteiger partial charge in [-0.05, 0) is 57.4 Å². The van der Waals surface area contributed by atoms with Gasteiger partial charge in [0.15, 0.2) is 5.17 Å². The van der Waals surface area contributed by atoms with Crippen LogP contribution in [0.4, 0.5) is 5.69 Å². The molecule has 29 heavy (non-hydrogen) atoms. The first-order valence-electron chi connectivity index (χ1n) is 10.2. The minimum absolute atomic E-state index is 0.0248. The summed E-state index contributed by atoms with van der Waals surface area (Å²) in [5, 5.41) is 3.11. The molecule has 3 amide bonds. The van der Waals surface area contributed by atoms with Crippen LogP contribution in [0.5, 0.6) is 0 Å². The number of hydrogen-bond donors (Lipinski definition) is 1. The van der Waals surface area contributed by atoms with Gasteiger partial charge in [0.25, 0.3) is 11.8 Å². The molecular weight excluding hydrogens is 388 g/mol. The van der Waals surface area contributed by atoms with Crippen molar-refractivity contribution in [2.75, 3.05) is 31.5 Å². The fraction of sp³-hybridized carbons (Fsp3) is 0.524. The van der Waals surface area contributed by atoms with Crippen molar-refractivity contribution in [1.29, 1.82) is 0 Å². The van der Waals surface area contributed by atoms with E-state index in [4.69, 9.17) is 0 Å². The number of amidine groups is 1. The molecule has 2 heterocycles. The smallest absolute Gasteiger partial charge is 0.262 e. The molecule has 1 atom stereocenters. The summed E-state index contributed by atoms with van der Waals surface area (Å²) in [6.07, 6.45) is 3.54. The number of thioether (sulfide) groups is 1. The Bertz CT molecular complexity index is 784. The average Bonchev–Trinajstić information content (AvgIpc) is 3.10. The van der Waals surface area contributed by atoms with Crippen LogP contribution in [0.2, 0.25) is 0 Å². The highest BCUT2D eigenvalue weighted by Gasteiger charge is 2.33. The molecule has 1 aromatic rings. The maximum atomic E-state index is 12.4. The van der Waals surface area contributed by atoms with E-state index in [0.29, 0.717) is 24.3 Å². The molecule has 1 aromatic carbocycles. The number of hydrogen-bond acceptors (Lipinski definition) is 5. The average molecular weight is 417 g/mol. The Hall–Kier alpha value is -2.35. The van der Waals surface area contributed by atoms with Crippen molar-refractivity contribution in [2.45, 2.75) is 44.8 Å². The van der Waals surface area contributed by atoms with Crippen molar-refractivity contribution in [1.82, 2.24) is 9.80 Å². The second-order valence-corrected chi connectivity index (χ2v) is 8.36. The van der Waals surface area contributed by atoms with E-state index < -0.39 is 5.25 Å². The molecule has 3 rings (SSSR count). The first-order valence-corrected chi connectivity index (χ1v) is 11.1. The van der Waals surface area contributed by atoms with E-state index in [2.05, 4.69) is 15.2 Å². The van der Waals surface area contributed by atoms with Crippen molar-refractivity contribution in [2.24, 2.45) is 4.99 Å². The Labute approximate surface area is 175 Å². The number of benzene rings is 1. The SMILES string of the molecule is CCN(CC)C(=O)c1ccc(NC(=O)C[C@H]2SC(N3CCCCC3)=NC2=O)cc1. The topological polar surface area (TPSA) is 82.1 Å². The summed E-state index contributed by atoms with van der Waals surface area (Å²) in [4.78, 5) is 45.0. The predicted octanol–water partition coefficient (Wildman–Crippen LogP) is 2.98. The van der Waals surface area contributed by atoms with Gasteiger partial charge in [-0.15, -0.1) is 0 Å². The minimum Gasteiger partial charge on any atom is -0.351 e. The van der Waals surface area contributed by atoms with E-state index in [1.54, 1.807) is 29.2 Å². The molecule has 0 radical (unpaired) electrons. The fourth-order valence-electron chi connectivity index (χ4n) is 3.50. The number of rotatable bonds is 6. The minimum atomic E-state index is -0.463. The Morgan fingerprint density at radius 3 is 2.41 bits per heavy atom. The third-order valence-electron chi connectivity index (χ3n) is 5.19. The zero-order chi connectivity index (χ0) is 20.8. The maximum Gasteiger partial charge on any atom is 0.262 e. The molecule has 7 nitrogen and oxygen atoms in total. The summed E-state index contributed by atoms with van der Waals surface area (Å²) in [5.41, 5.74) is 1.20. The fourth-order valence-corrected chi connectivity index (χ4v) is 4.62. The van der Waals surface area contributed by atoms with Gasteiger partial charge in [-0.3, -0.25) is 14.4 Å². The quantitative estimate of drug-likeness (QED) is 0.771. The van der Waals surface area contributed by atoms with E-state index >= 15 is 0 Å². The zero-order valence-corrected chi connectivity index (χ0v) is 17.8. The summed E-state index contributed by atoms with van der Waals surface area (Å²) in [6.45, 7) is 7.05. The molecule has 0 saturated carbocycles. The second-order valence-electron chi connectivity index (χ2n) is 7.19. The van der Waals surface area contributed by atoms with Gasteiger partial charge < -0.3 is 15.1 Å². The molecule has 0 unspecified atom stereocenters. The van der Waals surface area contributed by atoms with Crippen molar-refractivity contribution < 1.29 is 14.4 Å². The third-order valence-corrected chi connectivity index (χ3v) is 6.41. The molecular formula is C21H28N4O3S. The number of aliphatic imine (C=N–C) groups is 1. The maximum absolute atomic E-state index is 12.4. The van der Waals surface area contributed by atoms with Crippen LogP contribution in [-0.4, -0.2) is 64.1 Å². The Morgan fingerprint density at radius 2 is 1.79 bits per heavy atom. The molecule has 8 heteroatoms. The molecule has 1 N–H and O–H groups in total. The lowest BCUT2D eigenvalue weighted by Crippen LogP contribution is -2.33. The van der Waals surface area contributed by atoms with E-state index in [0.717, 1.165) is 31.1 Å². The molecule has 2 aliphatic heterocycles. The van der Waals surface area contributed by atoms with Crippen molar-refractivity contribution in [3.05, 3.63) is 29.8 Å². The van der Waals surface area contributed by atoms with Gasteiger partial charge in [-0.2, -0.15) is 4.99 Å². The molecule has 1 saturated heterocycles. The van der Waals surface area contributed by atoms with Crippen LogP contribution in [0, 0.1) is 0 Å². The number of carbonyl (C=O) groups is 3. The van der Waals surface area contributed by atoms with Gasteiger partial charge in [0.1, 0.15) is 5.25 Å². The van der Waals surface area contributed by atoms with E-state index in [9.17, 15) is 14.4 Å². The highest BCUT2D eigenvalue weighted by atomic mass is 32.2. The van der Waals surface area contributed by atoms with Gasteiger partial charge in [0, 0.05) is 43.9 Å². The summed E-state index contributed by atoms with van der Waals surface area (Å²) in [7, 11) is 0. The Kier molecular flexibility index (Phi) is 7.30. The Balaban J connectivity index is 1.52. The highest BCUT2D eigenvalue weighted by molar-refractivity contribution is 8.15. The van der Waals surface area contributed by atoms with Crippen LogP contribution >= 0.6 is 11.8 Å². The number of anilines is 1. The molecule has 156 valence electrons. The van der Waals surface area contributed by atoms with Crippen LogP contribution in [-0.2, 0) is 9.59 Å². The van der Waals surface area contributed by atoms with Gasteiger partial charge in [0.2, 0.25) is 5.91 Å². The summed E-state index contributed by atoms with van der Waals surface area (Å²) >= 11 is 1.39. The van der Waals surface area contributed by atoms with Gasteiger partial charge in [-0.25, -0.2) is 0 Å². The van der Waals surface area contributed by atoms with Gasteiger partial charge in [0.05, 0.1) is 0 Å². The normalized spacial score (nSPS) is 19.1. The largest absolute Gasteiger partial charge is 0.351 e. The summed E-state index contributed by atoms with van der Waals surface area (Å²) < 4.78 is 0. The lowest BCUT2D eigenvalue weighted by atomic mass is 10.1. The first-order chi connectivity index (χ1) is 14.0. The summed E-state index contributed by atoms with van der Waals surface area (Å²) in [6, 6.07) is 6.86. The zero-order valence-electron chi connectivity index (χ0n) is 17.0. The molecule has 0 aromatic heterocycles. The van der Waals surface area contributed by atoms with Crippen LogP contribution in [0.15, 0.2) is 29.3 Å². The number of amides is 3. The van der Waals surface area contributed by atoms with Crippen LogP contribution in [0.25, 0.3) is 0 Å². The molecule has 1 fully saturated rings. The van der Waals surface area contributed by atoms with Crippen LogP contribution in [0.1, 0.15) is 49.9 Å². The lowest BCUT2D eigenvalue weighted by molar-refractivity contribution is -0.121. The lowest BCUT2D eigenvalue weighted by Gasteiger charge is -2.27. The number of likely N-dealkylation sites (tertiary alicyclic amines) is 1. The molecule has 0 aliphatic carbocycles. The van der Waals surface area contributed by atoms with Crippen LogP contribution < -0.4 is 5.32 Å². The van der Waals surface area contributed by atoms with Gasteiger partial charge in [-0.1, -0.05) is 11.8 Å². The van der Waals surface area contributed by atoms with Crippen molar-refractivity contribution in [3.63, 3.8) is 0 Å². The van der Waals surface area contributed by atoms with Gasteiger partial charge >= 0.3 is 0 Å². The van der Waals surface area contributed by atoms with E-state index in [1.165, 1.54) is 18.2 Å². The molecule has 2 aliphatic rings. The number of nitrogens with one attached hydrogen (secondary N) is 1. The molecule has 0 spiro atoms. The van der Waals surface area contributed by atoms with Crippen molar-refractivity contribution >= 4 is 40.3 Å². The van der Waals surface area contributed by atoms with Crippen molar-refractivity contribution in [3.8, 4) is 0 Å². The van der Waals surface area contributed by atoms with E-state index in [-0.39, 0.29) is 24.1 Å². The number of carbonyl (C=O) groups excluding carboxylic acids is 3. The first kappa shape index (κ1) is 21.4. The highest BCUT2D eigenvalue weighted by Crippen LogP contribution is 2.29. The monoisotopic (exact) mass is 416 g/mol. The second kappa shape index (κ2) is 9.91. The third kappa shape index (κ3) is 5.38. The Morgan fingerprint density at radius 1 is 1.14 bits per heavy atom. The van der Waals surface area contributed by atoms with E-state index in [1.807, 2.05) is 13.8 Å². The predicted molar refractivity (Wildman–Crippen MR) is 116 cm³/mol. The number of nitrogens with zero attached hydrogens (tertiary/aromatic N) is 3. The standard InChI is InChI=1S/C21H28N4O3S/c1-3-24(4-2)20(28)15-8-10-16(11-9-15)22-18(26)14-17-19(27)23-21(29-17)25-12-6-5-7-13-25/h8-11,17H,3-7,12-14H2,1-2H3,(H,22,26)/t17-/m1/s1.